The molecular formula is C21H23F3N6O3S. The number of hydrogen-bond acceptors (Lipinski definition) is 6. The van der Waals surface area contributed by atoms with Gasteiger partial charge in [-0.1, -0.05) is 12.1 Å². The lowest BCUT2D eigenvalue weighted by atomic mass is 10.2. The number of benzene rings is 1. The van der Waals surface area contributed by atoms with Crippen LogP contribution >= 0.6 is 0 Å². The fourth-order valence-electron chi connectivity index (χ4n) is 4.47. The first kappa shape index (κ1) is 22.9. The highest BCUT2D eigenvalue weighted by Crippen LogP contribution is 2.47. The number of hydrogen-bond donors (Lipinski definition) is 1. The van der Waals surface area contributed by atoms with Gasteiger partial charge < -0.3 is 14.6 Å². The van der Waals surface area contributed by atoms with Gasteiger partial charge in [0.15, 0.2) is 0 Å². The van der Waals surface area contributed by atoms with Crippen molar-refractivity contribution in [1.82, 2.24) is 23.6 Å². The Morgan fingerprint density at radius 1 is 1.15 bits per heavy atom. The molecule has 2 fully saturated rings. The van der Waals surface area contributed by atoms with Gasteiger partial charge in [0.1, 0.15) is 23.5 Å². The van der Waals surface area contributed by atoms with E-state index in [1.807, 2.05) is 6.07 Å². The predicted molar refractivity (Wildman–Crippen MR) is 118 cm³/mol. The number of H-pyrrole nitrogens is 1. The number of nitrogens with zero attached hydrogens (tertiary/aromatic N) is 5. The van der Waals surface area contributed by atoms with Crippen molar-refractivity contribution in [2.75, 3.05) is 31.6 Å². The van der Waals surface area contributed by atoms with Crippen LogP contribution in [0.1, 0.15) is 18.4 Å². The minimum Gasteiger partial charge on any atom is -0.406 e. The summed E-state index contributed by atoms with van der Waals surface area (Å²) >= 11 is 0. The molecule has 34 heavy (non-hydrogen) atoms. The topological polar surface area (TPSA) is 94.7 Å². The summed E-state index contributed by atoms with van der Waals surface area (Å²) in [6.07, 6.45) is 0.0205. The third kappa shape index (κ3) is 4.30. The summed E-state index contributed by atoms with van der Waals surface area (Å²) in [4.78, 5) is 13.8. The average molecular weight is 497 g/mol. The summed E-state index contributed by atoms with van der Waals surface area (Å²) < 4.78 is 70.6. The molecule has 5 rings (SSSR count). The maximum atomic E-state index is 13.4. The largest absolute Gasteiger partial charge is 0.573 e. The molecule has 182 valence electrons. The molecule has 0 atom stereocenters. The van der Waals surface area contributed by atoms with E-state index in [0.717, 1.165) is 29.7 Å². The number of aromatic nitrogens is 3. The zero-order valence-electron chi connectivity index (χ0n) is 18.3. The number of rotatable bonds is 6. The van der Waals surface area contributed by atoms with Gasteiger partial charge in [-0.05, 0) is 36.6 Å². The van der Waals surface area contributed by atoms with Crippen LogP contribution in [0.25, 0.3) is 11.0 Å². The first-order chi connectivity index (χ1) is 16.1. The van der Waals surface area contributed by atoms with E-state index in [9.17, 15) is 21.6 Å². The number of nitrogens with one attached hydrogen (secondary N) is 1. The third-order valence-corrected chi connectivity index (χ3v) is 8.33. The van der Waals surface area contributed by atoms with E-state index < -0.39 is 22.1 Å². The fraction of sp³-hybridized carbons (Fsp3) is 0.429. The molecule has 2 aromatic heterocycles. The molecule has 9 nitrogen and oxygen atoms in total. The van der Waals surface area contributed by atoms with Crippen LogP contribution in [0.4, 0.5) is 19.0 Å². The van der Waals surface area contributed by atoms with Gasteiger partial charge in [0.25, 0.3) is 10.2 Å². The molecule has 3 aromatic rings. The van der Waals surface area contributed by atoms with E-state index in [2.05, 4.69) is 24.6 Å². The highest BCUT2D eigenvalue weighted by molar-refractivity contribution is 7.86. The molecule has 0 radical (unpaired) electrons. The molecule has 1 aliphatic carbocycles. The Balaban J connectivity index is 1.29. The van der Waals surface area contributed by atoms with Crippen molar-refractivity contribution in [3.8, 4) is 5.75 Å². The smallest absolute Gasteiger partial charge is 0.406 e. The second-order valence-electron chi connectivity index (χ2n) is 8.61. The second-order valence-corrected chi connectivity index (χ2v) is 10.6. The summed E-state index contributed by atoms with van der Waals surface area (Å²) in [5.74, 6) is 0.431. The lowest BCUT2D eigenvalue weighted by molar-refractivity contribution is -0.274. The molecule has 1 saturated heterocycles. The number of aromatic amines is 1. The van der Waals surface area contributed by atoms with Gasteiger partial charge in [0.05, 0.1) is 10.9 Å². The van der Waals surface area contributed by atoms with Crippen LogP contribution in [-0.2, 0) is 16.8 Å². The highest BCUT2D eigenvalue weighted by atomic mass is 32.2. The van der Waals surface area contributed by atoms with Crippen molar-refractivity contribution < 1.29 is 26.3 Å². The van der Waals surface area contributed by atoms with Crippen molar-refractivity contribution in [2.24, 2.45) is 0 Å². The normalized spacial score (nSPS) is 18.7. The average Bonchev–Trinajstić information content (AvgIpc) is 3.35. The van der Waals surface area contributed by atoms with E-state index in [0.29, 0.717) is 25.2 Å². The zero-order chi connectivity index (χ0) is 24.1. The SMILES string of the molecule is CN(Cc1ccc(OC(F)(F)F)cc1)S(=O)(=O)N1CCN(c2ncnc3[nH]ccc23)CC12CC2. The lowest BCUT2D eigenvalue weighted by Crippen LogP contribution is -2.59. The summed E-state index contributed by atoms with van der Waals surface area (Å²) in [7, 11) is -2.31. The van der Waals surface area contributed by atoms with E-state index >= 15 is 0 Å². The van der Waals surface area contributed by atoms with Crippen LogP contribution < -0.4 is 9.64 Å². The molecular weight excluding hydrogens is 473 g/mol. The van der Waals surface area contributed by atoms with Crippen molar-refractivity contribution in [3.05, 3.63) is 48.4 Å². The van der Waals surface area contributed by atoms with E-state index in [-0.39, 0.29) is 12.3 Å². The number of piperazine rings is 1. The Hall–Kier alpha value is -2.90. The van der Waals surface area contributed by atoms with Crippen LogP contribution in [-0.4, -0.2) is 70.6 Å². The monoisotopic (exact) mass is 496 g/mol. The van der Waals surface area contributed by atoms with E-state index in [4.69, 9.17) is 0 Å². The quantitative estimate of drug-likeness (QED) is 0.564. The summed E-state index contributed by atoms with van der Waals surface area (Å²) in [5.41, 5.74) is 0.791. The van der Waals surface area contributed by atoms with Gasteiger partial charge in [-0.3, -0.25) is 0 Å². The third-order valence-electron chi connectivity index (χ3n) is 6.28. The predicted octanol–water partition coefficient (Wildman–Crippen LogP) is 2.89. The van der Waals surface area contributed by atoms with Crippen LogP contribution in [0.2, 0.25) is 0 Å². The molecule has 0 unspecified atom stereocenters. The molecule has 2 aliphatic rings. The maximum absolute atomic E-state index is 13.4. The molecule has 1 spiro atoms. The van der Waals surface area contributed by atoms with Crippen molar-refractivity contribution >= 4 is 27.1 Å². The van der Waals surface area contributed by atoms with Crippen molar-refractivity contribution in [3.63, 3.8) is 0 Å². The van der Waals surface area contributed by atoms with Crippen molar-refractivity contribution in [2.45, 2.75) is 31.3 Å². The molecule has 1 saturated carbocycles. The second kappa shape index (κ2) is 8.10. The molecule has 1 N–H and O–H groups in total. The Bertz CT molecular complexity index is 1290. The Labute approximate surface area is 194 Å². The minimum absolute atomic E-state index is 0.0286. The van der Waals surface area contributed by atoms with E-state index in [1.54, 1.807) is 10.5 Å². The van der Waals surface area contributed by atoms with Gasteiger partial charge in [-0.25, -0.2) is 9.97 Å². The van der Waals surface area contributed by atoms with E-state index in [1.165, 1.54) is 41.9 Å². The van der Waals surface area contributed by atoms with Crippen LogP contribution in [0, 0.1) is 0 Å². The van der Waals surface area contributed by atoms with Crippen LogP contribution in [0.3, 0.4) is 0 Å². The summed E-state index contributed by atoms with van der Waals surface area (Å²) in [5, 5.41) is 0.893. The molecule has 1 aliphatic heterocycles. The minimum atomic E-state index is -4.78. The highest BCUT2D eigenvalue weighted by Gasteiger charge is 2.56. The van der Waals surface area contributed by atoms with Gasteiger partial charge in [-0.2, -0.15) is 17.0 Å². The molecule has 1 aromatic carbocycles. The lowest BCUT2D eigenvalue weighted by Gasteiger charge is -2.43. The Morgan fingerprint density at radius 2 is 1.88 bits per heavy atom. The maximum Gasteiger partial charge on any atom is 0.573 e. The molecule has 13 heteroatoms. The first-order valence-corrected chi connectivity index (χ1v) is 12.1. The Morgan fingerprint density at radius 3 is 2.56 bits per heavy atom. The standard InChI is InChI=1S/C21H23F3N6O3S/c1-28(12-15-2-4-16(5-3-15)33-21(22,23)24)34(31,32)30-11-10-29(13-20(30)7-8-20)19-17-6-9-25-18(17)26-14-27-19/h2-6,9,14H,7-8,10-13H2,1H3,(H,25,26,27). The number of anilines is 1. The summed E-state index contributed by atoms with van der Waals surface area (Å²) in [6.45, 7) is 1.35. The zero-order valence-corrected chi connectivity index (χ0v) is 19.1. The van der Waals surface area contributed by atoms with Gasteiger partial charge in [-0.15, -0.1) is 13.2 Å². The van der Waals surface area contributed by atoms with Gasteiger partial charge >= 0.3 is 6.36 Å². The molecule has 0 bridgehead atoms. The number of ether oxygens (including phenoxy) is 1. The number of halogens is 3. The van der Waals surface area contributed by atoms with Crippen molar-refractivity contribution in [1.29, 1.82) is 0 Å². The first-order valence-electron chi connectivity index (χ1n) is 10.7. The number of alkyl halides is 3. The number of fused-ring (bicyclic) bond motifs is 1. The van der Waals surface area contributed by atoms with Gasteiger partial charge in [0.2, 0.25) is 0 Å². The molecule has 0 amide bonds. The molecule has 3 heterocycles. The van der Waals surface area contributed by atoms with Crippen LogP contribution in [0.15, 0.2) is 42.9 Å². The van der Waals surface area contributed by atoms with Gasteiger partial charge in [0, 0.05) is 39.4 Å². The van der Waals surface area contributed by atoms with Crippen LogP contribution in [0.5, 0.6) is 5.75 Å². The summed E-state index contributed by atoms with van der Waals surface area (Å²) in [6, 6.07) is 7.11. The Kier molecular flexibility index (Phi) is 5.45. The fourth-order valence-corrected chi connectivity index (χ4v) is 6.16.